The minimum Gasteiger partial charge on any atom is -0.508 e. The van der Waals surface area contributed by atoms with Crippen LogP contribution in [-0.2, 0) is 11.8 Å². The zero-order chi connectivity index (χ0) is 23.1. The fraction of sp³-hybridized carbons (Fsp3) is 0.500. The van der Waals surface area contributed by atoms with Gasteiger partial charge < -0.3 is 10.0 Å². The maximum atomic E-state index is 13.5. The molecule has 176 valence electrons. The average molecular weight is 455 g/mol. The number of carbonyl (C=O) groups is 1. The molecule has 1 amide bonds. The molecule has 2 aromatic rings. The first-order chi connectivity index (χ1) is 16.5. The first-order valence-electron chi connectivity index (χ1n) is 13.1. The van der Waals surface area contributed by atoms with Crippen LogP contribution in [0.25, 0.3) is 0 Å². The molecule has 0 unspecified atom stereocenters. The molecule has 1 spiro atoms. The molecule has 0 aromatic heterocycles. The quantitative estimate of drug-likeness (QED) is 0.677. The van der Waals surface area contributed by atoms with Gasteiger partial charge in [-0.25, -0.2) is 0 Å². The van der Waals surface area contributed by atoms with Crippen LogP contribution in [-0.4, -0.2) is 53.0 Å². The molecule has 5 aliphatic rings. The summed E-state index contributed by atoms with van der Waals surface area (Å²) < 4.78 is 0. The normalized spacial score (nSPS) is 35.5. The van der Waals surface area contributed by atoms with Crippen molar-refractivity contribution in [3.8, 4) is 5.75 Å². The van der Waals surface area contributed by atoms with Crippen molar-refractivity contribution in [2.45, 2.75) is 56.0 Å². The number of fused-ring (bicyclic) bond motifs is 2. The lowest BCUT2D eigenvalue weighted by Gasteiger charge is -2.65. The maximum Gasteiger partial charge on any atom is 0.253 e. The molecule has 1 aliphatic heterocycles. The Labute approximate surface area is 202 Å². The number of carbonyl (C=O) groups excluding carboxylic acids is 1. The van der Waals surface area contributed by atoms with E-state index >= 15 is 0 Å². The summed E-state index contributed by atoms with van der Waals surface area (Å²) in [5, 5.41) is 10.5. The predicted octanol–water partition coefficient (Wildman–Crippen LogP) is 4.78. The molecular weight excluding hydrogens is 420 g/mol. The number of hydrogen-bond acceptors (Lipinski definition) is 3. The van der Waals surface area contributed by atoms with Gasteiger partial charge in [-0.2, -0.15) is 0 Å². The van der Waals surface area contributed by atoms with Crippen LogP contribution in [0.1, 0.15) is 53.6 Å². The third-order valence-corrected chi connectivity index (χ3v) is 10.1. The number of aromatic hydroxyl groups is 1. The minimum absolute atomic E-state index is 0.0168. The van der Waals surface area contributed by atoms with E-state index in [1.165, 1.54) is 30.5 Å². The molecule has 5 atom stereocenters. The maximum absolute atomic E-state index is 13.5. The van der Waals surface area contributed by atoms with Gasteiger partial charge in [-0.3, -0.25) is 9.69 Å². The lowest BCUT2D eigenvalue weighted by Crippen LogP contribution is -2.68. The summed E-state index contributed by atoms with van der Waals surface area (Å²) in [6.07, 6.45) is 12.1. The number of nitrogens with zero attached hydrogens (tertiary/aromatic N) is 2. The molecule has 4 heteroatoms. The summed E-state index contributed by atoms with van der Waals surface area (Å²) >= 11 is 0. The highest BCUT2D eigenvalue weighted by Crippen LogP contribution is 2.68. The lowest BCUT2D eigenvalue weighted by molar-refractivity contribution is -0.0934. The van der Waals surface area contributed by atoms with Crippen molar-refractivity contribution in [2.75, 3.05) is 20.1 Å². The summed E-state index contributed by atoms with van der Waals surface area (Å²) in [4.78, 5) is 18.3. The van der Waals surface area contributed by atoms with Gasteiger partial charge in [0.05, 0.1) is 0 Å². The summed E-state index contributed by atoms with van der Waals surface area (Å²) in [6.45, 7) is 2.34. The third kappa shape index (κ3) is 2.78. The van der Waals surface area contributed by atoms with E-state index < -0.39 is 0 Å². The second kappa shape index (κ2) is 7.21. The van der Waals surface area contributed by atoms with Crippen molar-refractivity contribution in [2.24, 2.45) is 17.3 Å². The van der Waals surface area contributed by atoms with Gasteiger partial charge in [-0.15, -0.1) is 0 Å². The average Bonchev–Trinajstić information content (AvgIpc) is 3.64. The van der Waals surface area contributed by atoms with E-state index in [1.807, 2.05) is 48.3 Å². The molecule has 2 aromatic carbocycles. The van der Waals surface area contributed by atoms with Gasteiger partial charge >= 0.3 is 0 Å². The van der Waals surface area contributed by atoms with E-state index in [9.17, 15) is 9.90 Å². The van der Waals surface area contributed by atoms with Crippen LogP contribution >= 0.6 is 0 Å². The number of phenolic OH excluding ortho intramolecular Hbond substituents is 1. The Bertz CT molecular complexity index is 1170. The summed E-state index contributed by atoms with van der Waals surface area (Å²) in [5.41, 5.74) is 3.73. The Morgan fingerprint density at radius 2 is 1.94 bits per heavy atom. The Morgan fingerprint density at radius 1 is 1.12 bits per heavy atom. The largest absolute Gasteiger partial charge is 0.508 e. The van der Waals surface area contributed by atoms with Crippen LogP contribution in [0, 0.1) is 17.3 Å². The zero-order valence-corrected chi connectivity index (χ0v) is 20.0. The van der Waals surface area contributed by atoms with Crippen molar-refractivity contribution in [3.63, 3.8) is 0 Å². The molecule has 1 heterocycles. The lowest BCUT2D eigenvalue weighted by atomic mass is 9.45. The molecule has 7 rings (SSSR count). The monoisotopic (exact) mass is 454 g/mol. The number of benzene rings is 2. The molecule has 4 nitrogen and oxygen atoms in total. The van der Waals surface area contributed by atoms with Crippen molar-refractivity contribution in [1.29, 1.82) is 0 Å². The van der Waals surface area contributed by atoms with Gasteiger partial charge in [0, 0.05) is 42.1 Å². The Hall–Kier alpha value is -2.59. The van der Waals surface area contributed by atoms with Crippen LogP contribution < -0.4 is 0 Å². The standard InChI is InChI=1S/C30H34N2O2/c1-31(28(34)21-5-3-2-4-6-21)26-18-29-13-14-32(19-20-7-8-20)27-12-10-23(26)17-30(27,29)16-22-9-11-24(33)15-25(22)29/h2-6,9-12,15,20,23,26-27,33H,7-8,13-14,16-19H2,1H3/t23-,26-,27+,29-,30-/m1/s1. The van der Waals surface area contributed by atoms with E-state index in [-0.39, 0.29) is 22.8 Å². The smallest absolute Gasteiger partial charge is 0.253 e. The van der Waals surface area contributed by atoms with Crippen molar-refractivity contribution in [3.05, 3.63) is 77.4 Å². The van der Waals surface area contributed by atoms with Gasteiger partial charge in [0.25, 0.3) is 5.91 Å². The minimum atomic E-state index is 0.0168. The van der Waals surface area contributed by atoms with Gasteiger partial charge in [-0.05, 0) is 92.3 Å². The molecule has 2 bridgehead atoms. The molecule has 1 N–H and O–H groups in total. The molecule has 3 fully saturated rings. The first-order valence-corrected chi connectivity index (χ1v) is 13.1. The van der Waals surface area contributed by atoms with E-state index in [1.54, 1.807) is 0 Å². The summed E-state index contributed by atoms with van der Waals surface area (Å²) in [7, 11) is 2.00. The number of amides is 1. The topological polar surface area (TPSA) is 43.8 Å². The number of likely N-dealkylation sites (tertiary alicyclic amines) is 1. The van der Waals surface area contributed by atoms with Crippen LogP contribution in [0.4, 0.5) is 0 Å². The fourth-order valence-corrected chi connectivity index (χ4v) is 8.35. The van der Waals surface area contributed by atoms with Crippen LogP contribution in [0.3, 0.4) is 0 Å². The number of hydrogen-bond donors (Lipinski definition) is 1. The molecule has 1 saturated heterocycles. The fourth-order valence-electron chi connectivity index (χ4n) is 8.35. The Morgan fingerprint density at radius 3 is 2.74 bits per heavy atom. The number of piperidine rings is 1. The second-order valence-corrected chi connectivity index (χ2v) is 11.7. The number of phenols is 1. The summed E-state index contributed by atoms with van der Waals surface area (Å²) in [6, 6.07) is 16.4. The molecule has 34 heavy (non-hydrogen) atoms. The first kappa shape index (κ1) is 20.8. The van der Waals surface area contributed by atoms with Gasteiger partial charge in [-0.1, -0.05) is 36.4 Å². The SMILES string of the molecule is CN(C(=O)c1ccccc1)[C@@H]1C[C@@]23CCN(CC4CC4)[C@H]4C=C[C@@H]1C[C@]42Cc1ccc(O)cc13. The Kier molecular flexibility index (Phi) is 4.40. The van der Waals surface area contributed by atoms with Crippen LogP contribution in [0.2, 0.25) is 0 Å². The number of rotatable bonds is 4. The summed E-state index contributed by atoms with van der Waals surface area (Å²) in [5.74, 6) is 1.76. The van der Waals surface area contributed by atoms with E-state index in [0.29, 0.717) is 17.7 Å². The van der Waals surface area contributed by atoms with Crippen LogP contribution in [0.15, 0.2) is 60.7 Å². The van der Waals surface area contributed by atoms with Gasteiger partial charge in [0.2, 0.25) is 0 Å². The molecular formula is C30H34N2O2. The van der Waals surface area contributed by atoms with Gasteiger partial charge in [0.1, 0.15) is 5.75 Å². The molecule has 2 saturated carbocycles. The highest BCUT2D eigenvalue weighted by atomic mass is 16.3. The highest BCUT2D eigenvalue weighted by Gasteiger charge is 2.68. The van der Waals surface area contributed by atoms with Gasteiger partial charge in [0.15, 0.2) is 0 Å². The zero-order valence-electron chi connectivity index (χ0n) is 20.0. The Balaban J connectivity index is 1.32. The van der Waals surface area contributed by atoms with E-state index in [2.05, 4.69) is 29.2 Å². The second-order valence-electron chi connectivity index (χ2n) is 11.7. The predicted molar refractivity (Wildman–Crippen MR) is 133 cm³/mol. The highest BCUT2D eigenvalue weighted by molar-refractivity contribution is 5.94. The van der Waals surface area contributed by atoms with Crippen molar-refractivity contribution >= 4 is 5.91 Å². The van der Waals surface area contributed by atoms with Crippen molar-refractivity contribution in [1.82, 2.24) is 9.80 Å². The van der Waals surface area contributed by atoms with E-state index in [4.69, 9.17) is 0 Å². The molecule has 4 aliphatic carbocycles. The molecule has 0 radical (unpaired) electrons. The third-order valence-electron chi connectivity index (χ3n) is 10.1. The van der Waals surface area contributed by atoms with Crippen molar-refractivity contribution < 1.29 is 9.90 Å². The van der Waals surface area contributed by atoms with E-state index in [0.717, 1.165) is 43.7 Å². The van der Waals surface area contributed by atoms with Crippen LogP contribution in [0.5, 0.6) is 5.75 Å².